The van der Waals surface area contributed by atoms with Crippen molar-refractivity contribution < 1.29 is 15.0 Å². The number of pyridine rings is 1. The molecular formula is C13H18N2O3. The van der Waals surface area contributed by atoms with E-state index in [-0.39, 0.29) is 12.2 Å². The number of rotatable bonds is 5. The first-order chi connectivity index (χ1) is 8.70. The van der Waals surface area contributed by atoms with E-state index in [1.807, 2.05) is 0 Å². The number of aliphatic hydroxyl groups is 1. The highest BCUT2D eigenvalue weighted by atomic mass is 16.4. The molecule has 2 atom stereocenters. The smallest absolute Gasteiger partial charge is 0.337 e. The summed E-state index contributed by atoms with van der Waals surface area (Å²) >= 11 is 0. The zero-order valence-corrected chi connectivity index (χ0v) is 10.2. The topological polar surface area (TPSA) is 82.5 Å². The summed E-state index contributed by atoms with van der Waals surface area (Å²) in [6.07, 6.45) is 4.74. The molecular weight excluding hydrogens is 232 g/mol. The summed E-state index contributed by atoms with van der Waals surface area (Å²) in [7, 11) is 0. The van der Waals surface area contributed by atoms with Gasteiger partial charge in [-0.3, -0.25) is 0 Å². The molecule has 0 saturated heterocycles. The number of anilines is 1. The van der Waals surface area contributed by atoms with Crippen LogP contribution in [0.4, 0.5) is 5.82 Å². The molecule has 1 heterocycles. The molecule has 2 rings (SSSR count). The van der Waals surface area contributed by atoms with Crippen molar-refractivity contribution in [1.29, 1.82) is 0 Å². The molecule has 1 aliphatic carbocycles. The number of hydrogen-bond acceptors (Lipinski definition) is 4. The van der Waals surface area contributed by atoms with Gasteiger partial charge < -0.3 is 15.5 Å². The van der Waals surface area contributed by atoms with Crippen LogP contribution in [-0.2, 0) is 0 Å². The van der Waals surface area contributed by atoms with Crippen LogP contribution in [0.3, 0.4) is 0 Å². The molecule has 3 N–H and O–H groups in total. The van der Waals surface area contributed by atoms with Gasteiger partial charge in [-0.1, -0.05) is 6.42 Å². The SMILES string of the molecule is O=C(O)c1ccc(NCC2CCCC2CO)nc1. The van der Waals surface area contributed by atoms with Crippen LogP contribution in [0.5, 0.6) is 0 Å². The number of hydrogen-bond donors (Lipinski definition) is 3. The van der Waals surface area contributed by atoms with Gasteiger partial charge in [0, 0.05) is 19.3 Å². The van der Waals surface area contributed by atoms with Crippen LogP contribution in [0.1, 0.15) is 29.6 Å². The van der Waals surface area contributed by atoms with Gasteiger partial charge >= 0.3 is 5.97 Å². The fraction of sp³-hybridized carbons (Fsp3) is 0.538. The molecule has 18 heavy (non-hydrogen) atoms. The van der Waals surface area contributed by atoms with E-state index in [1.165, 1.54) is 18.7 Å². The Balaban J connectivity index is 1.88. The minimum Gasteiger partial charge on any atom is -0.478 e. The highest BCUT2D eigenvalue weighted by Gasteiger charge is 2.26. The third-order valence-electron chi connectivity index (χ3n) is 3.61. The second-order valence-electron chi connectivity index (χ2n) is 4.75. The van der Waals surface area contributed by atoms with Crippen molar-refractivity contribution in [3.63, 3.8) is 0 Å². The number of aromatic nitrogens is 1. The second kappa shape index (κ2) is 5.82. The molecule has 0 aliphatic heterocycles. The second-order valence-corrected chi connectivity index (χ2v) is 4.75. The van der Waals surface area contributed by atoms with Crippen LogP contribution in [0.25, 0.3) is 0 Å². The summed E-state index contributed by atoms with van der Waals surface area (Å²) in [5, 5.41) is 21.2. The monoisotopic (exact) mass is 250 g/mol. The van der Waals surface area contributed by atoms with Gasteiger partial charge in [-0.15, -0.1) is 0 Å². The molecule has 0 spiro atoms. The van der Waals surface area contributed by atoms with Gasteiger partial charge in [0.2, 0.25) is 0 Å². The van der Waals surface area contributed by atoms with Gasteiger partial charge in [-0.25, -0.2) is 9.78 Å². The van der Waals surface area contributed by atoms with Crippen LogP contribution in [0.2, 0.25) is 0 Å². The molecule has 1 aromatic rings. The average Bonchev–Trinajstić information content (AvgIpc) is 2.84. The first kappa shape index (κ1) is 12.8. The summed E-state index contributed by atoms with van der Waals surface area (Å²) < 4.78 is 0. The van der Waals surface area contributed by atoms with Gasteiger partial charge in [0.15, 0.2) is 0 Å². The van der Waals surface area contributed by atoms with Crippen molar-refractivity contribution >= 4 is 11.8 Å². The molecule has 0 aromatic carbocycles. The third kappa shape index (κ3) is 2.98. The molecule has 1 aliphatic rings. The molecule has 0 amide bonds. The summed E-state index contributed by atoms with van der Waals surface area (Å²) in [6, 6.07) is 3.21. The maximum atomic E-state index is 10.7. The number of nitrogens with one attached hydrogen (secondary N) is 1. The average molecular weight is 250 g/mol. The van der Waals surface area contributed by atoms with E-state index >= 15 is 0 Å². The lowest BCUT2D eigenvalue weighted by Gasteiger charge is -2.18. The van der Waals surface area contributed by atoms with Crippen LogP contribution in [-0.4, -0.2) is 34.3 Å². The van der Waals surface area contributed by atoms with E-state index in [4.69, 9.17) is 5.11 Å². The lowest BCUT2D eigenvalue weighted by molar-refractivity contribution is 0.0696. The molecule has 5 heteroatoms. The van der Waals surface area contributed by atoms with Crippen molar-refractivity contribution in [3.05, 3.63) is 23.9 Å². The molecule has 0 radical (unpaired) electrons. The quantitative estimate of drug-likeness (QED) is 0.739. The Hall–Kier alpha value is -1.62. The van der Waals surface area contributed by atoms with E-state index < -0.39 is 5.97 Å². The number of carboxylic acid groups (broad SMARTS) is 1. The van der Waals surface area contributed by atoms with Crippen molar-refractivity contribution in [2.24, 2.45) is 11.8 Å². The van der Waals surface area contributed by atoms with E-state index in [2.05, 4.69) is 10.3 Å². The zero-order valence-electron chi connectivity index (χ0n) is 10.2. The van der Waals surface area contributed by atoms with Crippen LogP contribution in [0, 0.1) is 11.8 Å². The van der Waals surface area contributed by atoms with Crippen molar-refractivity contribution in [3.8, 4) is 0 Å². The standard InChI is InChI=1S/C13H18N2O3/c16-8-11-3-1-2-9(11)6-14-12-5-4-10(7-15-12)13(17)18/h4-5,7,9,11,16H,1-3,6,8H2,(H,14,15)(H,17,18). The van der Waals surface area contributed by atoms with E-state index in [0.717, 1.165) is 19.4 Å². The van der Waals surface area contributed by atoms with Gasteiger partial charge in [0.05, 0.1) is 5.56 Å². The normalized spacial score (nSPS) is 22.9. The van der Waals surface area contributed by atoms with E-state index in [1.54, 1.807) is 6.07 Å². The highest BCUT2D eigenvalue weighted by Crippen LogP contribution is 2.31. The largest absolute Gasteiger partial charge is 0.478 e. The fourth-order valence-electron chi connectivity index (χ4n) is 2.48. The third-order valence-corrected chi connectivity index (χ3v) is 3.61. The summed E-state index contributed by atoms with van der Waals surface area (Å²) in [5.41, 5.74) is 0.189. The predicted octanol–water partition coefficient (Wildman–Crippen LogP) is 1.60. The lowest BCUT2D eigenvalue weighted by atomic mass is 9.97. The molecule has 1 fully saturated rings. The Morgan fingerprint density at radius 3 is 2.78 bits per heavy atom. The lowest BCUT2D eigenvalue weighted by Crippen LogP contribution is -2.21. The zero-order chi connectivity index (χ0) is 13.0. The Morgan fingerprint density at radius 1 is 1.39 bits per heavy atom. The van der Waals surface area contributed by atoms with E-state index in [9.17, 15) is 9.90 Å². The number of carboxylic acids is 1. The van der Waals surface area contributed by atoms with Crippen molar-refractivity contribution in [1.82, 2.24) is 4.98 Å². The van der Waals surface area contributed by atoms with E-state index in [0.29, 0.717) is 17.7 Å². The maximum Gasteiger partial charge on any atom is 0.337 e. The first-order valence-corrected chi connectivity index (χ1v) is 6.25. The minimum atomic E-state index is -0.967. The van der Waals surface area contributed by atoms with Crippen molar-refractivity contribution in [2.45, 2.75) is 19.3 Å². The number of aromatic carboxylic acids is 1. The molecule has 0 bridgehead atoms. The molecule has 1 saturated carbocycles. The Labute approximate surface area is 106 Å². The number of aliphatic hydroxyl groups excluding tert-OH is 1. The van der Waals surface area contributed by atoms with Gasteiger partial charge in [-0.2, -0.15) is 0 Å². The predicted molar refractivity (Wildman–Crippen MR) is 67.6 cm³/mol. The fourth-order valence-corrected chi connectivity index (χ4v) is 2.48. The van der Waals surface area contributed by atoms with Gasteiger partial charge in [-0.05, 0) is 36.8 Å². The number of carbonyl (C=O) groups is 1. The summed E-state index contributed by atoms with van der Waals surface area (Å²) in [6.45, 7) is 1.03. The highest BCUT2D eigenvalue weighted by molar-refractivity contribution is 5.87. The molecule has 2 unspecified atom stereocenters. The molecule has 5 nitrogen and oxygen atoms in total. The van der Waals surface area contributed by atoms with Crippen LogP contribution >= 0.6 is 0 Å². The Morgan fingerprint density at radius 2 is 2.17 bits per heavy atom. The molecule has 1 aromatic heterocycles. The maximum absolute atomic E-state index is 10.7. The van der Waals surface area contributed by atoms with Gasteiger partial charge in [0.1, 0.15) is 5.82 Å². The number of nitrogens with zero attached hydrogens (tertiary/aromatic N) is 1. The molecule has 98 valence electrons. The van der Waals surface area contributed by atoms with Crippen molar-refractivity contribution in [2.75, 3.05) is 18.5 Å². The summed E-state index contributed by atoms with van der Waals surface area (Å²) in [5.74, 6) is 0.584. The van der Waals surface area contributed by atoms with Gasteiger partial charge in [0.25, 0.3) is 0 Å². The van der Waals surface area contributed by atoms with Crippen LogP contribution < -0.4 is 5.32 Å². The Kier molecular flexibility index (Phi) is 4.15. The summed E-state index contributed by atoms with van der Waals surface area (Å²) in [4.78, 5) is 14.7. The van der Waals surface area contributed by atoms with Crippen LogP contribution in [0.15, 0.2) is 18.3 Å². The minimum absolute atomic E-state index is 0.189. The Bertz CT molecular complexity index is 405. The first-order valence-electron chi connectivity index (χ1n) is 6.25.